The van der Waals surface area contributed by atoms with Crippen LogP contribution in [0.4, 0.5) is 68.5 Å². The SMILES string of the molecule is Cc1cc(N)ccc1C(O)(C(F)(F)F)C(F)(F)F.Nc1ccc(C(O)(C(F)(F)F)C(F)(F)F)c(F)c1. The van der Waals surface area contributed by atoms with Gasteiger partial charge in [0, 0.05) is 22.5 Å². The molecule has 36 heavy (non-hydrogen) atoms. The fourth-order valence-corrected chi connectivity index (χ4v) is 2.85. The van der Waals surface area contributed by atoms with Crippen molar-refractivity contribution in [3.05, 3.63) is 58.9 Å². The van der Waals surface area contributed by atoms with E-state index >= 15 is 0 Å². The molecular formula is C19H15F13N2O2. The van der Waals surface area contributed by atoms with Crippen LogP contribution in [0.1, 0.15) is 16.7 Å². The average molecular weight is 550 g/mol. The number of alkyl halides is 12. The zero-order valence-corrected chi connectivity index (χ0v) is 17.4. The Kier molecular flexibility index (Phi) is 8.20. The normalized spacial score (nSPS) is 13.8. The smallest absolute Gasteiger partial charge is 0.399 e. The van der Waals surface area contributed by atoms with Crippen LogP contribution in [0.2, 0.25) is 0 Å². The average Bonchev–Trinajstić information content (AvgIpc) is 2.64. The molecule has 0 aliphatic rings. The number of hydrogen-bond acceptors (Lipinski definition) is 4. The molecule has 0 amide bonds. The molecule has 2 rings (SSSR count). The van der Waals surface area contributed by atoms with E-state index in [9.17, 15) is 57.1 Å². The molecule has 0 fully saturated rings. The van der Waals surface area contributed by atoms with Gasteiger partial charge in [0.25, 0.3) is 11.2 Å². The van der Waals surface area contributed by atoms with Crippen molar-refractivity contribution in [2.45, 2.75) is 42.8 Å². The molecule has 204 valence electrons. The summed E-state index contributed by atoms with van der Waals surface area (Å²) in [5.74, 6) is -1.90. The predicted octanol–water partition coefficient (Wildman–Crippen LogP) is 5.61. The number of nitrogen functional groups attached to an aromatic ring is 2. The van der Waals surface area contributed by atoms with Crippen LogP contribution >= 0.6 is 0 Å². The highest BCUT2D eigenvalue weighted by Crippen LogP contribution is 2.52. The fourth-order valence-electron chi connectivity index (χ4n) is 2.85. The number of rotatable bonds is 2. The Morgan fingerprint density at radius 1 is 0.556 bits per heavy atom. The van der Waals surface area contributed by atoms with Crippen molar-refractivity contribution >= 4 is 11.4 Å². The first-order valence-electron chi connectivity index (χ1n) is 8.96. The molecule has 0 bridgehead atoms. The molecule has 0 radical (unpaired) electrons. The van der Waals surface area contributed by atoms with E-state index in [1.807, 2.05) is 0 Å². The highest BCUT2D eigenvalue weighted by Gasteiger charge is 2.73. The Morgan fingerprint density at radius 2 is 0.861 bits per heavy atom. The van der Waals surface area contributed by atoms with Crippen LogP contribution in [-0.2, 0) is 11.2 Å². The van der Waals surface area contributed by atoms with Crippen molar-refractivity contribution < 1.29 is 67.3 Å². The van der Waals surface area contributed by atoms with Gasteiger partial charge in [0.05, 0.1) is 0 Å². The summed E-state index contributed by atoms with van der Waals surface area (Å²) in [5.41, 5.74) is -3.93. The molecule has 0 saturated carbocycles. The summed E-state index contributed by atoms with van der Waals surface area (Å²) in [7, 11) is 0. The first-order valence-corrected chi connectivity index (χ1v) is 8.96. The zero-order chi connectivity index (χ0) is 28.7. The third kappa shape index (κ3) is 5.55. The quantitative estimate of drug-likeness (QED) is 0.289. The van der Waals surface area contributed by atoms with Crippen molar-refractivity contribution in [2.75, 3.05) is 11.5 Å². The minimum absolute atomic E-state index is 0.00273. The Hall–Kier alpha value is -2.95. The molecule has 0 aliphatic heterocycles. The Balaban J connectivity index is 0.000000360. The van der Waals surface area contributed by atoms with Crippen LogP contribution in [0.15, 0.2) is 36.4 Å². The third-order valence-corrected chi connectivity index (χ3v) is 4.66. The minimum atomic E-state index is -6.12. The van der Waals surface area contributed by atoms with Crippen molar-refractivity contribution in [1.29, 1.82) is 0 Å². The van der Waals surface area contributed by atoms with E-state index in [-0.39, 0.29) is 23.5 Å². The van der Waals surface area contributed by atoms with Crippen molar-refractivity contribution in [1.82, 2.24) is 0 Å². The molecule has 0 aliphatic carbocycles. The van der Waals surface area contributed by atoms with Crippen LogP contribution in [0.5, 0.6) is 0 Å². The van der Waals surface area contributed by atoms with Crippen LogP contribution < -0.4 is 11.5 Å². The van der Waals surface area contributed by atoms with Gasteiger partial charge in [0.1, 0.15) is 5.82 Å². The topological polar surface area (TPSA) is 92.5 Å². The summed E-state index contributed by atoms with van der Waals surface area (Å²) in [6, 6.07) is 3.35. The van der Waals surface area contributed by atoms with Gasteiger partial charge in [-0.1, -0.05) is 12.1 Å². The number of aryl methyl sites for hydroxylation is 1. The predicted molar refractivity (Wildman–Crippen MR) is 98.4 cm³/mol. The second-order valence-corrected chi connectivity index (χ2v) is 7.23. The second-order valence-electron chi connectivity index (χ2n) is 7.23. The van der Waals surface area contributed by atoms with Crippen molar-refractivity contribution in [2.24, 2.45) is 0 Å². The molecule has 6 N–H and O–H groups in total. The number of anilines is 2. The van der Waals surface area contributed by atoms with Crippen molar-refractivity contribution in [3.63, 3.8) is 0 Å². The standard InChI is InChI=1S/C10H9F6NO.C9H6F7NO/c1-5-4-6(17)2-3-7(5)8(18,9(11,12)13)10(14,15)16;10-6-3-4(17)1-2-5(6)7(18,8(11,12)13)9(14,15)16/h2-4,18H,17H2,1H3;1-3,18H,17H2. The van der Waals surface area contributed by atoms with Crippen LogP contribution in [-0.4, -0.2) is 34.9 Å². The van der Waals surface area contributed by atoms with E-state index in [1.54, 1.807) is 0 Å². The second kappa shape index (κ2) is 9.49. The molecular weight excluding hydrogens is 535 g/mol. The Labute approximate surface area is 192 Å². The lowest BCUT2D eigenvalue weighted by molar-refractivity contribution is -0.377. The van der Waals surface area contributed by atoms with Crippen molar-refractivity contribution in [3.8, 4) is 0 Å². The van der Waals surface area contributed by atoms with Crippen LogP contribution in [0.3, 0.4) is 0 Å². The molecule has 0 spiro atoms. The van der Waals surface area contributed by atoms with Gasteiger partial charge in [-0.15, -0.1) is 0 Å². The molecule has 2 aromatic rings. The van der Waals surface area contributed by atoms with Gasteiger partial charge in [-0.2, -0.15) is 52.7 Å². The Morgan fingerprint density at radius 3 is 1.17 bits per heavy atom. The molecule has 0 heterocycles. The monoisotopic (exact) mass is 550 g/mol. The van der Waals surface area contributed by atoms with Crippen LogP contribution in [0.25, 0.3) is 0 Å². The number of nitrogens with two attached hydrogens (primary N) is 2. The molecule has 4 nitrogen and oxygen atoms in total. The number of aliphatic hydroxyl groups is 2. The number of halogens is 13. The summed E-state index contributed by atoms with van der Waals surface area (Å²) in [5, 5.41) is 18.0. The summed E-state index contributed by atoms with van der Waals surface area (Å²) in [6.07, 6.45) is -24.0. The maximum absolute atomic E-state index is 13.2. The van der Waals surface area contributed by atoms with E-state index in [4.69, 9.17) is 21.7 Å². The summed E-state index contributed by atoms with van der Waals surface area (Å²) < 4.78 is 163. The number of benzene rings is 2. The molecule has 0 unspecified atom stereocenters. The van der Waals surface area contributed by atoms with Gasteiger partial charge in [-0.25, -0.2) is 4.39 Å². The maximum Gasteiger partial charge on any atom is 0.430 e. The van der Waals surface area contributed by atoms with Gasteiger partial charge < -0.3 is 21.7 Å². The summed E-state index contributed by atoms with van der Waals surface area (Å²) in [6.45, 7) is 1.01. The van der Waals surface area contributed by atoms with E-state index in [0.717, 1.165) is 19.1 Å². The molecule has 2 aromatic carbocycles. The van der Waals surface area contributed by atoms with Gasteiger partial charge in [0.2, 0.25) is 0 Å². The van der Waals surface area contributed by atoms with Gasteiger partial charge in [-0.3, -0.25) is 0 Å². The van der Waals surface area contributed by atoms with Gasteiger partial charge in [0.15, 0.2) is 0 Å². The zero-order valence-electron chi connectivity index (χ0n) is 17.4. The largest absolute Gasteiger partial charge is 0.430 e. The highest BCUT2D eigenvalue weighted by molar-refractivity contribution is 5.47. The van der Waals surface area contributed by atoms with E-state index in [0.29, 0.717) is 12.1 Å². The van der Waals surface area contributed by atoms with Gasteiger partial charge >= 0.3 is 24.7 Å². The third-order valence-electron chi connectivity index (χ3n) is 4.66. The van der Waals surface area contributed by atoms with E-state index in [1.165, 1.54) is 0 Å². The minimum Gasteiger partial charge on any atom is -0.399 e. The molecule has 0 aromatic heterocycles. The first kappa shape index (κ1) is 31.1. The van der Waals surface area contributed by atoms with Crippen LogP contribution in [0, 0.1) is 12.7 Å². The summed E-state index contributed by atoms with van der Waals surface area (Å²) in [4.78, 5) is 0. The lowest BCUT2D eigenvalue weighted by Crippen LogP contribution is -2.54. The Bertz CT molecular complexity index is 959. The van der Waals surface area contributed by atoms with E-state index < -0.39 is 58.4 Å². The highest BCUT2D eigenvalue weighted by atomic mass is 19.4. The molecule has 17 heteroatoms. The van der Waals surface area contributed by atoms with E-state index in [2.05, 4.69) is 0 Å². The molecule has 0 atom stereocenters. The first-order chi connectivity index (χ1) is 15.8. The van der Waals surface area contributed by atoms with Gasteiger partial charge in [-0.05, 0) is 36.8 Å². The number of hydrogen-bond donors (Lipinski definition) is 4. The fraction of sp³-hybridized carbons (Fsp3) is 0.368. The lowest BCUT2D eigenvalue weighted by Gasteiger charge is -2.33. The summed E-state index contributed by atoms with van der Waals surface area (Å²) >= 11 is 0. The maximum atomic E-state index is 13.2. The lowest BCUT2D eigenvalue weighted by atomic mass is 9.88. The molecule has 0 saturated heterocycles.